The predicted octanol–water partition coefficient (Wildman–Crippen LogP) is 3.43. The van der Waals surface area contributed by atoms with Gasteiger partial charge < -0.3 is 10.1 Å². The minimum Gasteiger partial charge on any atom is -0.489 e. The molecule has 2 saturated carbocycles. The van der Waals surface area contributed by atoms with Gasteiger partial charge in [0.15, 0.2) is 0 Å². The van der Waals surface area contributed by atoms with Crippen molar-refractivity contribution in [3.8, 4) is 5.75 Å². The molecule has 1 aromatic carbocycles. The predicted molar refractivity (Wildman–Crippen MR) is 73.9 cm³/mol. The Morgan fingerprint density at radius 1 is 1.32 bits per heavy atom. The second-order valence-corrected chi connectivity index (χ2v) is 6.03. The van der Waals surface area contributed by atoms with Crippen molar-refractivity contribution in [1.82, 2.24) is 5.32 Å². The van der Waals surface area contributed by atoms with E-state index < -0.39 is 0 Å². The van der Waals surface area contributed by atoms with Crippen molar-refractivity contribution in [3.05, 3.63) is 29.6 Å². The third-order valence-electron chi connectivity index (χ3n) is 5.07. The van der Waals surface area contributed by atoms with Crippen LogP contribution in [0.3, 0.4) is 0 Å². The Kier molecular flexibility index (Phi) is 3.25. The summed E-state index contributed by atoms with van der Waals surface area (Å²) in [5.41, 5.74) is 1.20. The highest BCUT2D eigenvalue weighted by Crippen LogP contribution is 2.54. The van der Waals surface area contributed by atoms with Crippen molar-refractivity contribution in [3.63, 3.8) is 0 Å². The third-order valence-corrected chi connectivity index (χ3v) is 5.07. The number of hydrogen-bond donors (Lipinski definition) is 1. The van der Waals surface area contributed by atoms with Gasteiger partial charge in [0.25, 0.3) is 0 Å². The molecule has 2 fully saturated rings. The minimum atomic E-state index is -0.192. The zero-order valence-corrected chi connectivity index (χ0v) is 11.7. The van der Waals surface area contributed by atoms with Crippen LogP contribution in [0.5, 0.6) is 5.75 Å². The summed E-state index contributed by atoms with van der Waals surface area (Å²) in [6, 6.07) is 5.38. The molecule has 1 spiro atoms. The number of hydrogen-bond acceptors (Lipinski definition) is 2. The number of nitrogens with one attached hydrogen (secondary N) is 1. The fourth-order valence-electron chi connectivity index (χ4n) is 3.92. The van der Waals surface area contributed by atoms with E-state index in [1.54, 1.807) is 12.1 Å². The standard InChI is InChI=1S/C16H22FNO/c1-11-9-12(17)5-6-13(11)19-15-10-14(18-2)16(15)7-3-4-8-16/h5-6,9,14-15,18H,3-4,7-8,10H2,1-2H3. The lowest BCUT2D eigenvalue weighted by atomic mass is 9.60. The van der Waals surface area contributed by atoms with E-state index in [9.17, 15) is 4.39 Å². The van der Waals surface area contributed by atoms with Crippen LogP contribution in [0.2, 0.25) is 0 Å². The first kappa shape index (κ1) is 12.9. The lowest BCUT2D eigenvalue weighted by molar-refractivity contribution is -0.0739. The molecule has 0 aliphatic heterocycles. The summed E-state index contributed by atoms with van der Waals surface area (Å²) in [5, 5.41) is 3.43. The van der Waals surface area contributed by atoms with Crippen LogP contribution < -0.4 is 10.1 Å². The molecule has 2 atom stereocenters. The zero-order chi connectivity index (χ0) is 13.5. The normalized spacial score (nSPS) is 28.4. The Labute approximate surface area is 114 Å². The van der Waals surface area contributed by atoms with E-state index in [2.05, 4.69) is 5.32 Å². The number of benzene rings is 1. The van der Waals surface area contributed by atoms with Crippen molar-refractivity contribution >= 4 is 0 Å². The molecule has 2 unspecified atom stereocenters. The van der Waals surface area contributed by atoms with Gasteiger partial charge in [0.1, 0.15) is 17.7 Å². The molecule has 0 aromatic heterocycles. The van der Waals surface area contributed by atoms with Crippen LogP contribution in [0.25, 0.3) is 0 Å². The highest BCUT2D eigenvalue weighted by molar-refractivity contribution is 5.33. The van der Waals surface area contributed by atoms with Gasteiger partial charge in [-0.2, -0.15) is 0 Å². The third kappa shape index (κ3) is 2.04. The van der Waals surface area contributed by atoms with Gasteiger partial charge in [-0.3, -0.25) is 0 Å². The quantitative estimate of drug-likeness (QED) is 0.902. The summed E-state index contributed by atoms with van der Waals surface area (Å²) in [6.07, 6.45) is 6.47. The lowest BCUT2D eigenvalue weighted by Crippen LogP contribution is -2.63. The molecule has 0 amide bonds. The molecule has 2 nitrogen and oxygen atoms in total. The van der Waals surface area contributed by atoms with E-state index in [1.807, 2.05) is 14.0 Å². The SMILES string of the molecule is CNC1CC(Oc2ccc(F)cc2C)C12CCCC2. The van der Waals surface area contributed by atoms with Gasteiger partial charge in [0.05, 0.1) is 0 Å². The lowest BCUT2D eigenvalue weighted by Gasteiger charge is -2.53. The van der Waals surface area contributed by atoms with Gasteiger partial charge >= 0.3 is 0 Å². The first-order chi connectivity index (χ1) is 9.15. The van der Waals surface area contributed by atoms with E-state index in [0.717, 1.165) is 17.7 Å². The number of halogens is 1. The highest BCUT2D eigenvalue weighted by Gasteiger charge is 2.57. The van der Waals surface area contributed by atoms with Crippen LogP contribution in [0, 0.1) is 18.2 Å². The fraction of sp³-hybridized carbons (Fsp3) is 0.625. The summed E-state index contributed by atoms with van der Waals surface area (Å²) in [6.45, 7) is 1.91. The van der Waals surface area contributed by atoms with Crippen molar-refractivity contribution < 1.29 is 9.13 Å². The summed E-state index contributed by atoms with van der Waals surface area (Å²) < 4.78 is 19.3. The molecule has 0 heterocycles. The molecule has 19 heavy (non-hydrogen) atoms. The van der Waals surface area contributed by atoms with Gasteiger partial charge in [-0.15, -0.1) is 0 Å². The van der Waals surface area contributed by atoms with Crippen LogP contribution in [-0.4, -0.2) is 19.2 Å². The Morgan fingerprint density at radius 2 is 2.05 bits per heavy atom. The van der Waals surface area contributed by atoms with Crippen molar-refractivity contribution in [2.45, 2.75) is 51.2 Å². The molecule has 2 aliphatic carbocycles. The van der Waals surface area contributed by atoms with E-state index >= 15 is 0 Å². The molecule has 3 rings (SSSR count). The number of aryl methyl sites for hydroxylation is 1. The smallest absolute Gasteiger partial charge is 0.123 e. The largest absolute Gasteiger partial charge is 0.489 e. The van der Waals surface area contributed by atoms with Crippen LogP contribution in [0.4, 0.5) is 4.39 Å². The Hall–Kier alpha value is -1.09. The molecule has 104 valence electrons. The average Bonchev–Trinajstić information content (AvgIpc) is 2.88. The van der Waals surface area contributed by atoms with Crippen molar-refractivity contribution in [1.29, 1.82) is 0 Å². The minimum absolute atomic E-state index is 0.192. The molecular weight excluding hydrogens is 241 g/mol. The first-order valence-corrected chi connectivity index (χ1v) is 7.26. The first-order valence-electron chi connectivity index (χ1n) is 7.26. The van der Waals surface area contributed by atoms with Gasteiger partial charge in [-0.05, 0) is 50.6 Å². The van der Waals surface area contributed by atoms with Crippen LogP contribution in [0.15, 0.2) is 18.2 Å². The maximum atomic E-state index is 13.1. The molecule has 0 radical (unpaired) electrons. The van der Waals surface area contributed by atoms with Gasteiger partial charge in [-0.1, -0.05) is 12.8 Å². The van der Waals surface area contributed by atoms with Gasteiger partial charge in [0.2, 0.25) is 0 Å². The summed E-state index contributed by atoms with van der Waals surface area (Å²) in [7, 11) is 2.05. The second-order valence-electron chi connectivity index (χ2n) is 6.03. The van der Waals surface area contributed by atoms with E-state index in [-0.39, 0.29) is 11.9 Å². The zero-order valence-electron chi connectivity index (χ0n) is 11.7. The highest BCUT2D eigenvalue weighted by atomic mass is 19.1. The van der Waals surface area contributed by atoms with E-state index in [0.29, 0.717) is 11.5 Å². The summed E-state index contributed by atoms with van der Waals surface area (Å²) in [4.78, 5) is 0. The number of rotatable bonds is 3. The van der Waals surface area contributed by atoms with Gasteiger partial charge in [0, 0.05) is 17.9 Å². The molecule has 3 heteroatoms. The Morgan fingerprint density at radius 3 is 2.68 bits per heavy atom. The topological polar surface area (TPSA) is 21.3 Å². The van der Waals surface area contributed by atoms with Crippen LogP contribution in [-0.2, 0) is 0 Å². The average molecular weight is 263 g/mol. The van der Waals surface area contributed by atoms with Crippen molar-refractivity contribution in [2.24, 2.45) is 5.41 Å². The summed E-state index contributed by atoms with van der Waals surface area (Å²) >= 11 is 0. The Balaban J connectivity index is 1.77. The van der Waals surface area contributed by atoms with E-state index in [4.69, 9.17) is 4.74 Å². The fourth-order valence-corrected chi connectivity index (χ4v) is 3.92. The summed E-state index contributed by atoms with van der Waals surface area (Å²) in [5.74, 6) is 0.648. The van der Waals surface area contributed by atoms with Crippen molar-refractivity contribution in [2.75, 3.05) is 7.05 Å². The Bertz CT molecular complexity index is 468. The molecule has 0 saturated heterocycles. The molecular formula is C16H22FNO. The second kappa shape index (κ2) is 4.78. The molecule has 2 aliphatic rings. The molecule has 0 bridgehead atoms. The molecule has 1 N–H and O–H groups in total. The maximum Gasteiger partial charge on any atom is 0.123 e. The number of ether oxygens (including phenoxy) is 1. The van der Waals surface area contributed by atoms with Crippen LogP contribution >= 0.6 is 0 Å². The molecule has 1 aromatic rings. The van der Waals surface area contributed by atoms with Gasteiger partial charge in [-0.25, -0.2) is 4.39 Å². The monoisotopic (exact) mass is 263 g/mol. The maximum absolute atomic E-state index is 13.1. The van der Waals surface area contributed by atoms with E-state index in [1.165, 1.54) is 31.7 Å². The van der Waals surface area contributed by atoms with Crippen LogP contribution in [0.1, 0.15) is 37.7 Å².